The summed E-state index contributed by atoms with van der Waals surface area (Å²) in [5.74, 6) is -0.450. The number of hydrogen-bond donors (Lipinski definition) is 0. The summed E-state index contributed by atoms with van der Waals surface area (Å²) in [4.78, 5) is 25.9. The minimum Gasteiger partial charge on any atom is -0.466 e. The minimum atomic E-state index is -0.294. The molecule has 1 rings (SSSR count). The largest absolute Gasteiger partial charge is 0.466 e. The standard InChI is InChI=1S/C18H31NO4/c1-4-7-8-10-15(13-17(20)22-5-2)19-12-9-11-16(19)14-18(21)23-6-3/h14-15H,4-13H2,1-3H3/b16-14+. The Labute approximate surface area is 140 Å². The van der Waals surface area contributed by atoms with Gasteiger partial charge in [0.25, 0.3) is 0 Å². The third kappa shape index (κ3) is 7.06. The highest BCUT2D eigenvalue weighted by atomic mass is 16.5. The Hall–Kier alpha value is -1.52. The van der Waals surface area contributed by atoms with E-state index in [2.05, 4.69) is 11.8 Å². The number of esters is 2. The molecule has 1 aliphatic heterocycles. The van der Waals surface area contributed by atoms with Gasteiger partial charge >= 0.3 is 11.9 Å². The lowest BCUT2D eigenvalue weighted by molar-refractivity contribution is -0.144. The van der Waals surface area contributed by atoms with E-state index in [1.807, 2.05) is 6.92 Å². The first-order valence-electron chi connectivity index (χ1n) is 8.91. The van der Waals surface area contributed by atoms with Gasteiger partial charge in [-0.1, -0.05) is 26.2 Å². The molecule has 0 aromatic heterocycles. The number of nitrogens with zero attached hydrogens (tertiary/aromatic N) is 1. The first kappa shape index (κ1) is 19.5. The molecule has 0 saturated carbocycles. The van der Waals surface area contributed by atoms with Gasteiger partial charge in [-0.3, -0.25) is 4.79 Å². The third-order valence-corrected chi connectivity index (χ3v) is 4.06. The van der Waals surface area contributed by atoms with Crippen LogP contribution >= 0.6 is 0 Å². The Bertz CT molecular complexity index is 406. The molecule has 0 aromatic rings. The molecule has 5 nitrogen and oxygen atoms in total. The molecule has 23 heavy (non-hydrogen) atoms. The van der Waals surface area contributed by atoms with E-state index in [0.717, 1.165) is 50.8 Å². The van der Waals surface area contributed by atoms with Gasteiger partial charge in [0.2, 0.25) is 0 Å². The zero-order valence-corrected chi connectivity index (χ0v) is 14.8. The van der Waals surface area contributed by atoms with E-state index in [1.165, 1.54) is 0 Å². The van der Waals surface area contributed by atoms with E-state index >= 15 is 0 Å². The molecule has 0 aliphatic carbocycles. The number of carbonyl (C=O) groups excluding carboxylic acids is 2. The first-order chi connectivity index (χ1) is 11.1. The van der Waals surface area contributed by atoms with Crippen molar-refractivity contribution in [1.29, 1.82) is 0 Å². The fraction of sp³-hybridized carbons (Fsp3) is 0.778. The smallest absolute Gasteiger partial charge is 0.332 e. The second-order valence-corrected chi connectivity index (χ2v) is 5.84. The zero-order valence-electron chi connectivity index (χ0n) is 14.8. The summed E-state index contributed by atoms with van der Waals surface area (Å²) >= 11 is 0. The van der Waals surface area contributed by atoms with Crippen molar-refractivity contribution in [3.05, 3.63) is 11.8 Å². The topological polar surface area (TPSA) is 55.8 Å². The summed E-state index contributed by atoms with van der Waals surface area (Å²) in [6.45, 7) is 7.48. The molecule has 0 bridgehead atoms. The van der Waals surface area contributed by atoms with Gasteiger partial charge in [0.05, 0.1) is 19.6 Å². The number of carbonyl (C=O) groups is 2. The van der Waals surface area contributed by atoms with Crippen LogP contribution in [0, 0.1) is 0 Å². The summed E-state index contributed by atoms with van der Waals surface area (Å²) in [6.07, 6.45) is 8.20. The fourth-order valence-electron chi connectivity index (χ4n) is 3.02. The summed E-state index contributed by atoms with van der Waals surface area (Å²) in [5, 5.41) is 0. The van der Waals surface area contributed by atoms with Crippen molar-refractivity contribution in [3.63, 3.8) is 0 Å². The summed E-state index contributed by atoms with van der Waals surface area (Å²) in [6, 6.07) is 0.115. The lowest BCUT2D eigenvalue weighted by Crippen LogP contribution is -2.34. The zero-order chi connectivity index (χ0) is 17.1. The Morgan fingerprint density at radius 3 is 2.57 bits per heavy atom. The molecule has 1 aliphatic rings. The highest BCUT2D eigenvalue weighted by molar-refractivity contribution is 5.82. The fourth-order valence-corrected chi connectivity index (χ4v) is 3.02. The SMILES string of the molecule is CCCCCC(CC(=O)OCC)N1CCC/C1=C\C(=O)OCC. The molecule has 1 heterocycles. The second kappa shape index (κ2) is 11.1. The maximum atomic E-state index is 11.9. The summed E-state index contributed by atoms with van der Waals surface area (Å²) < 4.78 is 10.1. The summed E-state index contributed by atoms with van der Waals surface area (Å²) in [7, 11) is 0. The van der Waals surface area contributed by atoms with Crippen LogP contribution in [-0.2, 0) is 19.1 Å². The van der Waals surface area contributed by atoms with Gasteiger partial charge in [-0.05, 0) is 33.1 Å². The molecule has 1 atom stereocenters. The van der Waals surface area contributed by atoms with Gasteiger partial charge in [0.1, 0.15) is 0 Å². The van der Waals surface area contributed by atoms with Crippen LogP contribution < -0.4 is 0 Å². The average Bonchev–Trinajstić information content (AvgIpc) is 2.95. The molecule has 132 valence electrons. The lowest BCUT2D eigenvalue weighted by atomic mass is 10.0. The van der Waals surface area contributed by atoms with Crippen molar-refractivity contribution in [3.8, 4) is 0 Å². The maximum absolute atomic E-state index is 11.9. The predicted octanol–water partition coefficient (Wildman–Crippen LogP) is 3.43. The van der Waals surface area contributed by atoms with E-state index < -0.39 is 0 Å². The van der Waals surface area contributed by atoms with Crippen LogP contribution in [0.4, 0.5) is 0 Å². The highest BCUT2D eigenvalue weighted by Crippen LogP contribution is 2.28. The normalized spacial score (nSPS) is 17.3. The van der Waals surface area contributed by atoms with Crippen molar-refractivity contribution in [2.24, 2.45) is 0 Å². The van der Waals surface area contributed by atoms with Gasteiger partial charge in [-0.25, -0.2) is 4.79 Å². The molecule has 0 spiro atoms. The van der Waals surface area contributed by atoms with Gasteiger partial charge in [-0.2, -0.15) is 0 Å². The number of unbranched alkanes of at least 4 members (excludes halogenated alkanes) is 2. The van der Waals surface area contributed by atoms with Crippen LogP contribution in [0.3, 0.4) is 0 Å². The number of hydrogen-bond acceptors (Lipinski definition) is 5. The van der Waals surface area contributed by atoms with Crippen molar-refractivity contribution < 1.29 is 19.1 Å². The number of likely N-dealkylation sites (tertiary alicyclic amines) is 1. The molecule has 0 amide bonds. The van der Waals surface area contributed by atoms with E-state index in [-0.39, 0.29) is 18.0 Å². The second-order valence-electron chi connectivity index (χ2n) is 5.84. The molecule has 1 fully saturated rings. The van der Waals surface area contributed by atoms with Crippen molar-refractivity contribution in [1.82, 2.24) is 4.90 Å². The Morgan fingerprint density at radius 2 is 1.91 bits per heavy atom. The van der Waals surface area contributed by atoms with E-state index in [0.29, 0.717) is 19.6 Å². The summed E-state index contributed by atoms with van der Waals surface area (Å²) in [5.41, 5.74) is 0.995. The van der Waals surface area contributed by atoms with Crippen LogP contribution in [0.25, 0.3) is 0 Å². The van der Waals surface area contributed by atoms with Gasteiger partial charge in [0.15, 0.2) is 0 Å². The first-order valence-corrected chi connectivity index (χ1v) is 8.91. The molecule has 0 radical (unpaired) electrons. The Kier molecular flexibility index (Phi) is 9.41. The van der Waals surface area contributed by atoms with E-state index in [1.54, 1.807) is 13.0 Å². The van der Waals surface area contributed by atoms with Crippen LogP contribution in [-0.4, -0.2) is 42.6 Å². The minimum absolute atomic E-state index is 0.115. The molecule has 1 unspecified atom stereocenters. The predicted molar refractivity (Wildman–Crippen MR) is 89.8 cm³/mol. The monoisotopic (exact) mass is 325 g/mol. The molecule has 0 N–H and O–H groups in total. The average molecular weight is 325 g/mol. The van der Waals surface area contributed by atoms with Crippen LogP contribution in [0.1, 0.15) is 65.7 Å². The van der Waals surface area contributed by atoms with Crippen LogP contribution in [0.15, 0.2) is 11.8 Å². The highest BCUT2D eigenvalue weighted by Gasteiger charge is 2.27. The molecule has 1 saturated heterocycles. The van der Waals surface area contributed by atoms with Crippen LogP contribution in [0.5, 0.6) is 0 Å². The van der Waals surface area contributed by atoms with Crippen molar-refractivity contribution in [2.75, 3.05) is 19.8 Å². The Balaban J connectivity index is 2.76. The number of ether oxygens (including phenoxy) is 2. The van der Waals surface area contributed by atoms with Gasteiger partial charge < -0.3 is 14.4 Å². The van der Waals surface area contributed by atoms with Gasteiger partial charge in [0, 0.05) is 24.4 Å². The maximum Gasteiger partial charge on any atom is 0.332 e. The van der Waals surface area contributed by atoms with Crippen LogP contribution in [0.2, 0.25) is 0 Å². The van der Waals surface area contributed by atoms with Crippen molar-refractivity contribution >= 4 is 11.9 Å². The third-order valence-electron chi connectivity index (χ3n) is 4.06. The molecular weight excluding hydrogens is 294 g/mol. The van der Waals surface area contributed by atoms with Crippen molar-refractivity contribution in [2.45, 2.75) is 71.8 Å². The molecule has 0 aromatic carbocycles. The van der Waals surface area contributed by atoms with E-state index in [4.69, 9.17) is 9.47 Å². The quantitative estimate of drug-likeness (QED) is 0.350. The molecular formula is C18H31NO4. The Morgan fingerprint density at radius 1 is 1.17 bits per heavy atom. The van der Waals surface area contributed by atoms with E-state index in [9.17, 15) is 9.59 Å². The molecule has 5 heteroatoms. The number of allylic oxidation sites excluding steroid dienone is 1. The van der Waals surface area contributed by atoms with Gasteiger partial charge in [-0.15, -0.1) is 0 Å². The lowest BCUT2D eigenvalue weighted by Gasteiger charge is -2.30. The number of rotatable bonds is 10.